The molecule has 1 atom stereocenters. The lowest BCUT2D eigenvalue weighted by Crippen LogP contribution is -2.44. The van der Waals surface area contributed by atoms with E-state index >= 15 is 0 Å². The van der Waals surface area contributed by atoms with Crippen molar-refractivity contribution in [1.29, 1.82) is 0 Å². The van der Waals surface area contributed by atoms with Crippen LogP contribution in [-0.4, -0.2) is 25.3 Å². The van der Waals surface area contributed by atoms with Crippen molar-refractivity contribution in [3.63, 3.8) is 0 Å². The first-order chi connectivity index (χ1) is 7.36. The van der Waals surface area contributed by atoms with Gasteiger partial charge < -0.3 is 10.1 Å². The molecule has 2 heteroatoms. The van der Waals surface area contributed by atoms with E-state index in [4.69, 9.17) is 4.74 Å². The van der Waals surface area contributed by atoms with Crippen molar-refractivity contribution in [3.05, 3.63) is 0 Å². The zero-order valence-electron chi connectivity index (χ0n) is 10.0. The van der Waals surface area contributed by atoms with E-state index in [-0.39, 0.29) is 0 Å². The monoisotopic (exact) mass is 211 g/mol. The molecule has 2 aliphatic rings. The van der Waals surface area contributed by atoms with E-state index < -0.39 is 0 Å². The Morgan fingerprint density at radius 1 is 1.00 bits per heavy atom. The molecule has 0 aromatic rings. The van der Waals surface area contributed by atoms with E-state index in [1.165, 1.54) is 44.9 Å². The van der Waals surface area contributed by atoms with Crippen LogP contribution in [0.5, 0.6) is 0 Å². The molecule has 15 heavy (non-hydrogen) atoms. The van der Waals surface area contributed by atoms with Gasteiger partial charge in [-0.2, -0.15) is 0 Å². The van der Waals surface area contributed by atoms with Gasteiger partial charge in [0, 0.05) is 25.3 Å². The zero-order chi connectivity index (χ0) is 10.5. The summed E-state index contributed by atoms with van der Waals surface area (Å²) >= 11 is 0. The molecule has 1 N–H and O–H groups in total. The minimum atomic E-state index is 0.716. The van der Waals surface area contributed by atoms with Gasteiger partial charge in [0.05, 0.1) is 0 Å². The molecular weight excluding hydrogens is 186 g/mol. The van der Waals surface area contributed by atoms with E-state index in [1.54, 1.807) is 0 Å². The zero-order valence-corrected chi connectivity index (χ0v) is 10.0. The van der Waals surface area contributed by atoms with E-state index in [1.807, 2.05) is 0 Å². The predicted octanol–water partition coefficient (Wildman–Crippen LogP) is 2.72. The van der Waals surface area contributed by atoms with E-state index in [2.05, 4.69) is 12.2 Å². The highest BCUT2D eigenvalue weighted by Crippen LogP contribution is 2.26. The van der Waals surface area contributed by atoms with Crippen LogP contribution in [0.3, 0.4) is 0 Å². The summed E-state index contributed by atoms with van der Waals surface area (Å²) in [7, 11) is 0. The molecule has 0 aromatic heterocycles. The predicted molar refractivity (Wildman–Crippen MR) is 63.0 cm³/mol. The van der Waals surface area contributed by atoms with Gasteiger partial charge in [0.2, 0.25) is 0 Å². The van der Waals surface area contributed by atoms with Crippen molar-refractivity contribution < 1.29 is 4.74 Å². The Bertz CT molecular complexity index is 171. The molecule has 0 amide bonds. The molecule has 2 fully saturated rings. The summed E-state index contributed by atoms with van der Waals surface area (Å²) in [5, 5.41) is 3.81. The van der Waals surface area contributed by atoms with Crippen LogP contribution in [0.25, 0.3) is 0 Å². The maximum absolute atomic E-state index is 5.39. The Hall–Kier alpha value is -0.0800. The number of hydrogen-bond donors (Lipinski definition) is 1. The van der Waals surface area contributed by atoms with Crippen LogP contribution in [0, 0.1) is 5.92 Å². The van der Waals surface area contributed by atoms with Crippen molar-refractivity contribution in [2.24, 2.45) is 5.92 Å². The van der Waals surface area contributed by atoms with Crippen LogP contribution < -0.4 is 5.32 Å². The Morgan fingerprint density at radius 3 is 2.33 bits per heavy atom. The fraction of sp³-hybridized carbons (Fsp3) is 1.00. The summed E-state index contributed by atoms with van der Waals surface area (Å²) in [5.41, 5.74) is 0. The third kappa shape index (κ3) is 3.46. The fourth-order valence-electron chi connectivity index (χ4n) is 3.01. The first kappa shape index (κ1) is 11.4. The van der Waals surface area contributed by atoms with Crippen molar-refractivity contribution in [1.82, 2.24) is 5.32 Å². The van der Waals surface area contributed by atoms with Crippen LogP contribution in [0.1, 0.15) is 51.9 Å². The molecule has 1 heterocycles. The van der Waals surface area contributed by atoms with Crippen molar-refractivity contribution in [3.8, 4) is 0 Å². The normalized spacial score (nSPS) is 27.8. The minimum absolute atomic E-state index is 0.716. The van der Waals surface area contributed by atoms with Gasteiger partial charge in [-0.15, -0.1) is 0 Å². The SMILES string of the molecule is CC(NC1CCOCC1)C1CCCCC1. The summed E-state index contributed by atoms with van der Waals surface area (Å²) in [6.45, 7) is 4.29. The van der Waals surface area contributed by atoms with Gasteiger partial charge in [-0.3, -0.25) is 0 Å². The standard InChI is InChI=1S/C13H25NO/c1-11(12-5-3-2-4-6-12)14-13-7-9-15-10-8-13/h11-14H,2-10H2,1H3. The van der Waals surface area contributed by atoms with Crippen LogP contribution in [-0.2, 0) is 4.74 Å². The molecule has 0 aromatic carbocycles. The quantitative estimate of drug-likeness (QED) is 0.775. The second-order valence-electron chi connectivity index (χ2n) is 5.24. The second kappa shape index (κ2) is 5.86. The molecule has 2 nitrogen and oxygen atoms in total. The number of hydrogen-bond acceptors (Lipinski definition) is 2. The fourth-order valence-corrected chi connectivity index (χ4v) is 3.01. The molecule has 1 aliphatic heterocycles. The summed E-state index contributed by atoms with van der Waals surface area (Å²) in [5.74, 6) is 0.932. The Balaban J connectivity index is 1.72. The van der Waals surface area contributed by atoms with Crippen LogP contribution in [0.4, 0.5) is 0 Å². The lowest BCUT2D eigenvalue weighted by Gasteiger charge is -2.33. The average Bonchev–Trinajstić information content (AvgIpc) is 2.31. The average molecular weight is 211 g/mol. The molecule has 1 saturated heterocycles. The molecule has 1 saturated carbocycles. The van der Waals surface area contributed by atoms with Crippen molar-refractivity contribution >= 4 is 0 Å². The lowest BCUT2D eigenvalue weighted by atomic mass is 9.84. The summed E-state index contributed by atoms with van der Waals surface area (Å²) in [6.07, 6.45) is 9.65. The van der Waals surface area contributed by atoms with E-state index in [0.717, 1.165) is 25.2 Å². The van der Waals surface area contributed by atoms with Gasteiger partial charge >= 0.3 is 0 Å². The Morgan fingerprint density at radius 2 is 1.67 bits per heavy atom. The van der Waals surface area contributed by atoms with Gasteiger partial charge in [0.1, 0.15) is 0 Å². The van der Waals surface area contributed by atoms with E-state index in [9.17, 15) is 0 Å². The highest BCUT2D eigenvalue weighted by atomic mass is 16.5. The van der Waals surface area contributed by atoms with Crippen LogP contribution in [0.2, 0.25) is 0 Å². The summed E-state index contributed by atoms with van der Waals surface area (Å²) in [4.78, 5) is 0. The van der Waals surface area contributed by atoms with E-state index in [0.29, 0.717) is 6.04 Å². The minimum Gasteiger partial charge on any atom is -0.381 e. The molecule has 0 radical (unpaired) electrons. The van der Waals surface area contributed by atoms with Gasteiger partial charge in [-0.25, -0.2) is 0 Å². The Labute approximate surface area is 93.8 Å². The van der Waals surface area contributed by atoms with Gasteiger partial charge in [-0.05, 0) is 38.5 Å². The molecule has 1 unspecified atom stereocenters. The topological polar surface area (TPSA) is 21.3 Å². The van der Waals surface area contributed by atoms with Crippen LogP contribution in [0.15, 0.2) is 0 Å². The molecule has 1 aliphatic carbocycles. The first-order valence-corrected chi connectivity index (χ1v) is 6.70. The van der Waals surface area contributed by atoms with Crippen molar-refractivity contribution in [2.45, 2.75) is 64.0 Å². The molecular formula is C13H25NO. The Kier molecular flexibility index (Phi) is 4.45. The highest BCUT2D eigenvalue weighted by Gasteiger charge is 2.23. The third-order valence-corrected chi connectivity index (χ3v) is 4.08. The number of rotatable bonds is 3. The molecule has 0 bridgehead atoms. The molecule has 2 rings (SSSR count). The molecule has 0 spiro atoms. The maximum Gasteiger partial charge on any atom is 0.0480 e. The van der Waals surface area contributed by atoms with Crippen molar-refractivity contribution in [2.75, 3.05) is 13.2 Å². The second-order valence-corrected chi connectivity index (χ2v) is 5.24. The maximum atomic E-state index is 5.39. The lowest BCUT2D eigenvalue weighted by molar-refractivity contribution is 0.0718. The number of ether oxygens (including phenoxy) is 1. The third-order valence-electron chi connectivity index (χ3n) is 4.08. The smallest absolute Gasteiger partial charge is 0.0480 e. The largest absolute Gasteiger partial charge is 0.381 e. The molecule has 88 valence electrons. The first-order valence-electron chi connectivity index (χ1n) is 6.70. The summed E-state index contributed by atoms with van der Waals surface area (Å²) in [6, 6.07) is 1.43. The summed E-state index contributed by atoms with van der Waals surface area (Å²) < 4.78 is 5.39. The van der Waals surface area contributed by atoms with Crippen LogP contribution >= 0.6 is 0 Å². The number of nitrogens with one attached hydrogen (secondary N) is 1. The van der Waals surface area contributed by atoms with Gasteiger partial charge in [-0.1, -0.05) is 19.3 Å². The van der Waals surface area contributed by atoms with Gasteiger partial charge in [0.15, 0.2) is 0 Å². The van der Waals surface area contributed by atoms with Gasteiger partial charge in [0.25, 0.3) is 0 Å². The highest BCUT2D eigenvalue weighted by molar-refractivity contribution is 4.80.